The zero-order valence-corrected chi connectivity index (χ0v) is 17.7. The van der Waals surface area contributed by atoms with E-state index in [1.165, 1.54) is 5.56 Å². The molecule has 2 fully saturated rings. The van der Waals surface area contributed by atoms with Crippen LogP contribution < -0.4 is 19.7 Å². The van der Waals surface area contributed by atoms with Gasteiger partial charge in [0.15, 0.2) is 11.5 Å². The normalized spacial score (nSPS) is 19.5. The number of fused-ring (bicyclic) bond motifs is 1. The van der Waals surface area contributed by atoms with Crippen LogP contribution in [0.25, 0.3) is 0 Å². The minimum absolute atomic E-state index is 0.0893. The number of hydrogen-bond donors (Lipinski definition) is 1. The van der Waals surface area contributed by atoms with Gasteiger partial charge in [-0.05, 0) is 55.2 Å². The molecule has 0 atom stereocenters. The minimum Gasteiger partial charge on any atom is -0.486 e. The first kappa shape index (κ1) is 19.9. The Hall–Kier alpha value is -3.02. The van der Waals surface area contributed by atoms with Crippen molar-refractivity contribution in [3.8, 4) is 11.5 Å². The number of nitrogens with one attached hydrogen (secondary N) is 1. The molecule has 0 bridgehead atoms. The van der Waals surface area contributed by atoms with Crippen LogP contribution >= 0.6 is 0 Å². The molecule has 0 spiro atoms. The third-order valence-electron chi connectivity index (χ3n) is 6.80. The molecule has 6 heteroatoms. The van der Waals surface area contributed by atoms with Crippen LogP contribution in [0.1, 0.15) is 54.4 Å². The average molecular weight is 421 g/mol. The lowest BCUT2D eigenvalue weighted by molar-refractivity contribution is -0.117. The number of nitrogens with zero attached hydrogens (tertiary/aromatic N) is 1. The lowest BCUT2D eigenvalue weighted by Crippen LogP contribution is -2.39. The van der Waals surface area contributed by atoms with Crippen molar-refractivity contribution in [3.63, 3.8) is 0 Å². The van der Waals surface area contributed by atoms with Crippen molar-refractivity contribution >= 4 is 17.5 Å². The Labute approximate surface area is 182 Å². The van der Waals surface area contributed by atoms with Gasteiger partial charge >= 0.3 is 0 Å². The third-order valence-corrected chi connectivity index (χ3v) is 6.80. The number of carbonyl (C=O) groups is 2. The van der Waals surface area contributed by atoms with Gasteiger partial charge in [-0.1, -0.05) is 25.0 Å². The molecule has 2 heterocycles. The number of rotatable bonds is 5. The van der Waals surface area contributed by atoms with Crippen molar-refractivity contribution in [1.82, 2.24) is 5.32 Å². The highest BCUT2D eigenvalue weighted by atomic mass is 16.6. The highest BCUT2D eigenvalue weighted by molar-refractivity contribution is 5.99. The summed E-state index contributed by atoms with van der Waals surface area (Å²) >= 11 is 0. The maximum absolute atomic E-state index is 13.0. The summed E-state index contributed by atoms with van der Waals surface area (Å²) in [5.74, 6) is 1.61. The number of anilines is 1. The summed E-state index contributed by atoms with van der Waals surface area (Å²) in [6.45, 7) is 2.45. The Morgan fingerprint density at radius 1 is 1.00 bits per heavy atom. The number of ether oxygens (including phenoxy) is 2. The second kappa shape index (κ2) is 8.25. The van der Waals surface area contributed by atoms with E-state index in [2.05, 4.69) is 17.4 Å². The second-order valence-corrected chi connectivity index (χ2v) is 8.73. The molecule has 2 aromatic rings. The summed E-state index contributed by atoms with van der Waals surface area (Å²) in [5, 5.41) is 3.17. The number of carbonyl (C=O) groups excluding carboxylic acids is 2. The number of amides is 2. The minimum atomic E-state index is -0.0997. The van der Waals surface area contributed by atoms with Crippen molar-refractivity contribution < 1.29 is 19.1 Å². The summed E-state index contributed by atoms with van der Waals surface area (Å²) < 4.78 is 11.5. The molecule has 2 aromatic carbocycles. The fourth-order valence-electron chi connectivity index (χ4n) is 5.08. The fourth-order valence-corrected chi connectivity index (χ4v) is 5.08. The predicted molar refractivity (Wildman–Crippen MR) is 118 cm³/mol. The van der Waals surface area contributed by atoms with Gasteiger partial charge in [-0.25, -0.2) is 0 Å². The van der Waals surface area contributed by atoms with Crippen molar-refractivity contribution in [3.05, 3.63) is 53.6 Å². The maximum atomic E-state index is 13.0. The molecule has 6 nitrogen and oxygen atoms in total. The van der Waals surface area contributed by atoms with Gasteiger partial charge in [-0.3, -0.25) is 9.59 Å². The van der Waals surface area contributed by atoms with Crippen molar-refractivity contribution in [2.24, 2.45) is 0 Å². The second-order valence-electron chi connectivity index (χ2n) is 8.73. The van der Waals surface area contributed by atoms with Crippen LogP contribution in [0.5, 0.6) is 11.5 Å². The first-order chi connectivity index (χ1) is 15.1. The third kappa shape index (κ3) is 3.87. The van der Waals surface area contributed by atoms with E-state index in [1.54, 1.807) is 4.90 Å². The Morgan fingerprint density at radius 2 is 1.81 bits per heavy atom. The van der Waals surface area contributed by atoms with Gasteiger partial charge in [-0.2, -0.15) is 0 Å². The zero-order valence-electron chi connectivity index (χ0n) is 17.7. The van der Waals surface area contributed by atoms with E-state index in [0.717, 1.165) is 55.8 Å². The van der Waals surface area contributed by atoms with E-state index in [0.29, 0.717) is 31.7 Å². The van der Waals surface area contributed by atoms with Gasteiger partial charge in [0.25, 0.3) is 5.91 Å². The Morgan fingerprint density at radius 3 is 2.58 bits per heavy atom. The molecule has 1 N–H and O–H groups in total. The van der Waals surface area contributed by atoms with Crippen molar-refractivity contribution in [1.29, 1.82) is 0 Å². The molecule has 0 unspecified atom stereocenters. The molecule has 1 aliphatic carbocycles. The smallest absolute Gasteiger partial charge is 0.251 e. The number of hydrogen-bond acceptors (Lipinski definition) is 4. The van der Waals surface area contributed by atoms with E-state index < -0.39 is 0 Å². The van der Waals surface area contributed by atoms with E-state index in [4.69, 9.17) is 9.47 Å². The first-order valence-electron chi connectivity index (χ1n) is 11.2. The summed E-state index contributed by atoms with van der Waals surface area (Å²) in [7, 11) is 0. The summed E-state index contributed by atoms with van der Waals surface area (Å²) in [5.41, 5.74) is 2.50. The molecular formula is C25H28N2O4. The molecule has 3 aliphatic rings. The van der Waals surface area contributed by atoms with Crippen LogP contribution in [0.4, 0.5) is 5.69 Å². The average Bonchev–Trinajstić information content (AvgIpc) is 3.47. The Bertz CT molecular complexity index is 997. The molecule has 162 valence electrons. The molecule has 0 radical (unpaired) electrons. The van der Waals surface area contributed by atoms with Gasteiger partial charge in [-0.15, -0.1) is 0 Å². The zero-order chi connectivity index (χ0) is 21.3. The van der Waals surface area contributed by atoms with Crippen LogP contribution in [-0.2, 0) is 10.2 Å². The monoisotopic (exact) mass is 420 g/mol. The SMILES string of the molecule is O=C(NCC1(c2ccc3c(c2)OCCO3)CCCC1)c1cccc(N2CCCC2=O)c1. The van der Waals surface area contributed by atoms with Gasteiger partial charge in [0.2, 0.25) is 5.91 Å². The molecule has 2 aliphatic heterocycles. The van der Waals surface area contributed by atoms with Crippen molar-refractivity contribution in [2.45, 2.75) is 43.9 Å². The number of benzene rings is 2. The van der Waals surface area contributed by atoms with E-state index in [9.17, 15) is 9.59 Å². The molecule has 31 heavy (non-hydrogen) atoms. The highest BCUT2D eigenvalue weighted by Crippen LogP contribution is 2.44. The highest BCUT2D eigenvalue weighted by Gasteiger charge is 2.37. The summed E-state index contributed by atoms with van der Waals surface area (Å²) in [4.78, 5) is 26.8. The lowest BCUT2D eigenvalue weighted by atomic mass is 9.78. The molecule has 5 rings (SSSR count). The Kier molecular flexibility index (Phi) is 5.30. The van der Waals surface area contributed by atoms with Gasteiger partial charge in [0.1, 0.15) is 13.2 Å². The Balaban J connectivity index is 1.33. The first-order valence-corrected chi connectivity index (χ1v) is 11.2. The van der Waals surface area contributed by atoms with E-state index in [1.807, 2.05) is 30.3 Å². The van der Waals surface area contributed by atoms with Crippen LogP contribution in [0.3, 0.4) is 0 Å². The topological polar surface area (TPSA) is 67.9 Å². The van der Waals surface area contributed by atoms with E-state index >= 15 is 0 Å². The quantitative estimate of drug-likeness (QED) is 0.798. The van der Waals surface area contributed by atoms with Crippen LogP contribution in [-0.4, -0.2) is 38.1 Å². The standard InChI is InChI=1S/C25H28N2O4/c28-23-7-4-12-27(23)20-6-3-5-18(15-20)24(29)26-17-25(10-1-2-11-25)19-8-9-21-22(16-19)31-14-13-30-21/h3,5-6,8-9,15-16H,1-2,4,7,10-14,17H2,(H,26,29). The fraction of sp³-hybridized carbons (Fsp3) is 0.440. The molecule has 1 saturated carbocycles. The molecule has 2 amide bonds. The van der Waals surface area contributed by atoms with E-state index in [-0.39, 0.29) is 17.2 Å². The van der Waals surface area contributed by atoms with Gasteiger partial charge in [0, 0.05) is 36.2 Å². The molecule has 0 aromatic heterocycles. The predicted octanol–water partition coefficient (Wildman–Crippen LogP) is 3.83. The maximum Gasteiger partial charge on any atom is 0.251 e. The largest absolute Gasteiger partial charge is 0.486 e. The van der Waals surface area contributed by atoms with Gasteiger partial charge in [0.05, 0.1) is 0 Å². The van der Waals surface area contributed by atoms with Crippen LogP contribution in [0.15, 0.2) is 42.5 Å². The molecule has 1 saturated heterocycles. The lowest BCUT2D eigenvalue weighted by Gasteiger charge is -2.31. The van der Waals surface area contributed by atoms with Gasteiger partial charge < -0.3 is 19.7 Å². The van der Waals surface area contributed by atoms with Crippen molar-refractivity contribution in [2.75, 3.05) is 31.2 Å². The summed E-state index contributed by atoms with van der Waals surface area (Å²) in [6.07, 6.45) is 5.82. The summed E-state index contributed by atoms with van der Waals surface area (Å²) in [6, 6.07) is 13.6. The van der Waals surface area contributed by atoms with Crippen LogP contribution in [0.2, 0.25) is 0 Å². The van der Waals surface area contributed by atoms with Crippen LogP contribution in [0, 0.1) is 0 Å². The molecular weight excluding hydrogens is 392 g/mol.